The maximum absolute atomic E-state index is 12.0. The third-order valence-electron chi connectivity index (χ3n) is 4.02. The van der Waals surface area contributed by atoms with Crippen molar-refractivity contribution in [3.05, 3.63) is 66.2 Å². The van der Waals surface area contributed by atoms with Gasteiger partial charge in [0.15, 0.2) is 0 Å². The van der Waals surface area contributed by atoms with Crippen molar-refractivity contribution in [3.8, 4) is 22.5 Å². The summed E-state index contributed by atoms with van der Waals surface area (Å²) in [7, 11) is 0. The lowest BCUT2D eigenvalue weighted by atomic mass is 10.1. The number of aromatic amines is 1. The molecular weight excluding hydrogens is 286 g/mol. The molecule has 23 heavy (non-hydrogen) atoms. The Hall–Kier alpha value is -2.88. The van der Waals surface area contributed by atoms with Crippen LogP contribution in [0.25, 0.3) is 22.5 Å². The van der Waals surface area contributed by atoms with Gasteiger partial charge >= 0.3 is 0 Å². The minimum atomic E-state index is 0.00800. The predicted octanol–water partition coefficient (Wildman–Crippen LogP) is 3.64. The lowest BCUT2D eigenvalue weighted by molar-refractivity contribution is 0.0951. The first-order chi connectivity index (χ1) is 11.3. The Morgan fingerprint density at radius 3 is 2.43 bits per heavy atom. The number of carbonyl (C=O) groups excluding carboxylic acids is 1. The number of amides is 1. The van der Waals surface area contributed by atoms with Crippen LogP contribution in [0.1, 0.15) is 23.2 Å². The average Bonchev–Trinajstić information content (AvgIpc) is 3.27. The fraction of sp³-hybridized carbons (Fsp3) is 0.158. The van der Waals surface area contributed by atoms with Crippen molar-refractivity contribution in [2.75, 3.05) is 0 Å². The van der Waals surface area contributed by atoms with Gasteiger partial charge in [0.25, 0.3) is 5.91 Å². The second kappa shape index (κ2) is 5.72. The number of hydrogen-bond acceptors (Lipinski definition) is 2. The molecule has 1 aliphatic rings. The van der Waals surface area contributed by atoms with E-state index in [0.717, 1.165) is 35.4 Å². The van der Waals surface area contributed by atoms with Crippen molar-refractivity contribution >= 4 is 5.91 Å². The van der Waals surface area contributed by atoms with E-state index < -0.39 is 0 Å². The van der Waals surface area contributed by atoms with Crippen molar-refractivity contribution in [1.82, 2.24) is 15.5 Å². The summed E-state index contributed by atoms with van der Waals surface area (Å²) in [4.78, 5) is 12.0. The minimum absolute atomic E-state index is 0.00800. The van der Waals surface area contributed by atoms with Crippen molar-refractivity contribution in [1.29, 1.82) is 0 Å². The number of H-pyrrole nitrogens is 1. The smallest absolute Gasteiger partial charge is 0.251 e. The summed E-state index contributed by atoms with van der Waals surface area (Å²) in [6.45, 7) is 0. The number of rotatable bonds is 4. The van der Waals surface area contributed by atoms with Crippen LogP contribution in [-0.4, -0.2) is 22.1 Å². The number of aromatic nitrogens is 2. The molecule has 114 valence electrons. The van der Waals surface area contributed by atoms with Gasteiger partial charge in [-0.25, -0.2) is 0 Å². The highest BCUT2D eigenvalue weighted by atomic mass is 16.1. The average molecular weight is 303 g/mol. The summed E-state index contributed by atoms with van der Waals surface area (Å²) in [5, 5.41) is 10.4. The third-order valence-corrected chi connectivity index (χ3v) is 4.02. The van der Waals surface area contributed by atoms with E-state index in [1.165, 1.54) is 0 Å². The maximum atomic E-state index is 12.0. The molecule has 1 fully saturated rings. The lowest BCUT2D eigenvalue weighted by Gasteiger charge is -2.04. The largest absolute Gasteiger partial charge is 0.349 e. The van der Waals surface area contributed by atoms with Crippen LogP contribution in [0.3, 0.4) is 0 Å². The van der Waals surface area contributed by atoms with Crippen LogP contribution >= 0.6 is 0 Å². The van der Waals surface area contributed by atoms with E-state index in [1.807, 2.05) is 60.7 Å². The van der Waals surface area contributed by atoms with Crippen LogP contribution in [0, 0.1) is 0 Å². The van der Waals surface area contributed by atoms with Gasteiger partial charge in [-0.3, -0.25) is 9.89 Å². The van der Waals surface area contributed by atoms with E-state index in [4.69, 9.17) is 0 Å². The summed E-state index contributed by atoms with van der Waals surface area (Å²) < 4.78 is 0. The normalized spacial score (nSPS) is 13.7. The van der Waals surface area contributed by atoms with Crippen LogP contribution in [-0.2, 0) is 0 Å². The first-order valence-electron chi connectivity index (χ1n) is 7.82. The molecule has 1 saturated carbocycles. The molecule has 1 amide bonds. The molecule has 0 radical (unpaired) electrons. The third kappa shape index (κ3) is 3.01. The van der Waals surface area contributed by atoms with Gasteiger partial charge in [0, 0.05) is 17.2 Å². The van der Waals surface area contributed by atoms with Crippen molar-refractivity contribution in [3.63, 3.8) is 0 Å². The molecule has 4 rings (SSSR count). The van der Waals surface area contributed by atoms with Gasteiger partial charge in [-0.1, -0.05) is 42.5 Å². The summed E-state index contributed by atoms with van der Waals surface area (Å²) in [5.41, 5.74) is 4.65. The Morgan fingerprint density at radius 1 is 1.00 bits per heavy atom. The standard InChI is InChI=1S/C19H17N3O/c23-19(20-16-10-11-16)15-8-6-14(7-9-15)18-12-17(21-22-18)13-4-2-1-3-5-13/h1-9,12,16H,10-11H2,(H,20,23)(H,21,22). The van der Waals surface area contributed by atoms with E-state index in [0.29, 0.717) is 11.6 Å². The summed E-state index contributed by atoms with van der Waals surface area (Å²) in [6.07, 6.45) is 2.19. The second-order valence-electron chi connectivity index (χ2n) is 5.86. The topological polar surface area (TPSA) is 57.8 Å². The SMILES string of the molecule is O=C(NC1CC1)c1ccc(-c2cc(-c3ccccc3)n[nH]2)cc1. The summed E-state index contributed by atoms with van der Waals surface area (Å²) in [6, 6.07) is 20.1. The molecule has 1 aromatic heterocycles. The van der Waals surface area contributed by atoms with Gasteiger partial charge in [0.05, 0.1) is 11.4 Å². The molecule has 0 aliphatic heterocycles. The summed E-state index contributed by atoms with van der Waals surface area (Å²) in [5.74, 6) is 0.00800. The fourth-order valence-electron chi connectivity index (χ4n) is 2.52. The first-order valence-corrected chi connectivity index (χ1v) is 7.82. The van der Waals surface area contributed by atoms with Gasteiger partial charge in [-0.05, 0) is 36.6 Å². The Bertz CT molecular complexity index is 817. The number of nitrogens with one attached hydrogen (secondary N) is 2. The van der Waals surface area contributed by atoms with E-state index in [9.17, 15) is 4.79 Å². The zero-order valence-electron chi connectivity index (χ0n) is 12.6. The zero-order valence-corrected chi connectivity index (χ0v) is 12.6. The van der Waals surface area contributed by atoms with Crippen molar-refractivity contribution in [2.24, 2.45) is 0 Å². The van der Waals surface area contributed by atoms with Crippen molar-refractivity contribution in [2.45, 2.75) is 18.9 Å². The molecule has 0 atom stereocenters. The monoisotopic (exact) mass is 303 g/mol. The Labute approximate surface area is 134 Å². The molecular formula is C19H17N3O. The maximum Gasteiger partial charge on any atom is 0.251 e. The molecule has 2 aromatic carbocycles. The minimum Gasteiger partial charge on any atom is -0.349 e. The summed E-state index contributed by atoms with van der Waals surface area (Å²) >= 11 is 0. The Balaban J connectivity index is 1.54. The highest BCUT2D eigenvalue weighted by Crippen LogP contribution is 2.24. The molecule has 2 N–H and O–H groups in total. The van der Waals surface area contributed by atoms with E-state index >= 15 is 0 Å². The Kier molecular flexibility index (Phi) is 3.42. The van der Waals surface area contributed by atoms with Crippen LogP contribution in [0.5, 0.6) is 0 Å². The quantitative estimate of drug-likeness (QED) is 0.773. The van der Waals surface area contributed by atoms with Gasteiger partial charge in [0.2, 0.25) is 0 Å². The van der Waals surface area contributed by atoms with Crippen LogP contribution < -0.4 is 5.32 Å². The second-order valence-corrected chi connectivity index (χ2v) is 5.86. The Morgan fingerprint density at radius 2 is 1.74 bits per heavy atom. The molecule has 0 saturated heterocycles. The molecule has 4 nitrogen and oxygen atoms in total. The molecule has 1 heterocycles. The molecule has 3 aromatic rings. The van der Waals surface area contributed by atoms with E-state index in [1.54, 1.807) is 0 Å². The van der Waals surface area contributed by atoms with E-state index in [-0.39, 0.29) is 5.91 Å². The highest BCUT2D eigenvalue weighted by Gasteiger charge is 2.23. The number of nitrogens with zero attached hydrogens (tertiary/aromatic N) is 1. The molecule has 1 aliphatic carbocycles. The van der Waals surface area contributed by atoms with Crippen LogP contribution in [0.15, 0.2) is 60.7 Å². The lowest BCUT2D eigenvalue weighted by Crippen LogP contribution is -2.25. The zero-order chi connectivity index (χ0) is 15.6. The predicted molar refractivity (Wildman–Crippen MR) is 89.9 cm³/mol. The van der Waals surface area contributed by atoms with E-state index in [2.05, 4.69) is 15.5 Å². The first kappa shape index (κ1) is 13.8. The van der Waals surface area contributed by atoms with Crippen LogP contribution in [0.2, 0.25) is 0 Å². The molecule has 0 unspecified atom stereocenters. The number of benzene rings is 2. The fourth-order valence-corrected chi connectivity index (χ4v) is 2.52. The molecule has 0 bridgehead atoms. The number of carbonyl (C=O) groups is 1. The van der Waals surface area contributed by atoms with Gasteiger partial charge < -0.3 is 5.32 Å². The van der Waals surface area contributed by atoms with Gasteiger partial charge in [-0.2, -0.15) is 5.10 Å². The number of hydrogen-bond donors (Lipinski definition) is 2. The van der Waals surface area contributed by atoms with Crippen molar-refractivity contribution < 1.29 is 4.79 Å². The van der Waals surface area contributed by atoms with Gasteiger partial charge in [0.1, 0.15) is 0 Å². The van der Waals surface area contributed by atoms with Crippen LogP contribution in [0.4, 0.5) is 0 Å². The molecule has 0 spiro atoms. The van der Waals surface area contributed by atoms with Gasteiger partial charge in [-0.15, -0.1) is 0 Å². The highest BCUT2D eigenvalue weighted by molar-refractivity contribution is 5.95. The molecule has 4 heteroatoms.